The van der Waals surface area contributed by atoms with Crippen LogP contribution < -0.4 is 5.32 Å². The Bertz CT molecular complexity index is 591. The Balaban J connectivity index is 1.62. The normalized spacial score (nSPS) is 16.9. The molecule has 122 valence electrons. The molecule has 1 aliphatic rings. The molecule has 5 nitrogen and oxygen atoms in total. The van der Waals surface area contributed by atoms with E-state index in [0.29, 0.717) is 13.1 Å². The van der Waals surface area contributed by atoms with E-state index < -0.39 is 0 Å². The Kier molecular flexibility index (Phi) is 5.42. The number of benzene rings is 1. The van der Waals surface area contributed by atoms with Gasteiger partial charge in [0, 0.05) is 18.9 Å². The largest absolute Gasteiger partial charge is 0.353 e. The van der Waals surface area contributed by atoms with Gasteiger partial charge in [0.25, 0.3) is 0 Å². The molecule has 1 N–H and O–H groups in total. The van der Waals surface area contributed by atoms with Gasteiger partial charge in [0.15, 0.2) is 0 Å². The average Bonchev–Trinajstić information content (AvgIpc) is 3.10. The smallest absolute Gasteiger partial charge is 0.240 e. The summed E-state index contributed by atoms with van der Waals surface area (Å²) in [4.78, 5) is 18.6. The van der Waals surface area contributed by atoms with Gasteiger partial charge < -0.3 is 9.88 Å². The molecule has 0 unspecified atom stereocenters. The van der Waals surface area contributed by atoms with E-state index in [9.17, 15) is 4.79 Å². The van der Waals surface area contributed by atoms with Gasteiger partial charge in [0.2, 0.25) is 5.91 Å². The number of aromatic nitrogens is 2. The van der Waals surface area contributed by atoms with Crippen LogP contribution in [0.25, 0.3) is 0 Å². The van der Waals surface area contributed by atoms with Crippen molar-refractivity contribution in [3.05, 3.63) is 54.6 Å². The van der Waals surface area contributed by atoms with Crippen LogP contribution in [0.15, 0.2) is 49.1 Å². The van der Waals surface area contributed by atoms with Gasteiger partial charge in [-0.1, -0.05) is 36.8 Å². The van der Waals surface area contributed by atoms with E-state index in [4.69, 9.17) is 0 Å². The standard InChI is InChI=1S/C18H24N4O/c23-18(14-21-12-9-19-15-21)20-13-17(16-7-3-1-4-8-16)22-10-5-2-6-11-22/h1,3-4,7-9,12,15,17H,2,5-6,10-11,13-14H2,(H,20,23)/t17-/m1/s1. The second-order valence-electron chi connectivity index (χ2n) is 6.06. The highest BCUT2D eigenvalue weighted by atomic mass is 16.1. The predicted molar refractivity (Wildman–Crippen MR) is 89.8 cm³/mol. The van der Waals surface area contributed by atoms with Crippen molar-refractivity contribution in [2.24, 2.45) is 0 Å². The van der Waals surface area contributed by atoms with E-state index in [-0.39, 0.29) is 11.9 Å². The summed E-state index contributed by atoms with van der Waals surface area (Å²) in [5.74, 6) is 0.0286. The third kappa shape index (κ3) is 4.42. The highest BCUT2D eigenvalue weighted by Crippen LogP contribution is 2.23. The Labute approximate surface area is 137 Å². The van der Waals surface area contributed by atoms with Gasteiger partial charge in [-0.15, -0.1) is 0 Å². The van der Waals surface area contributed by atoms with Crippen molar-refractivity contribution in [3.8, 4) is 0 Å². The van der Waals surface area contributed by atoms with Gasteiger partial charge in [-0.05, 0) is 31.5 Å². The fourth-order valence-electron chi connectivity index (χ4n) is 3.18. The van der Waals surface area contributed by atoms with Crippen molar-refractivity contribution in [3.63, 3.8) is 0 Å². The molecule has 1 aromatic heterocycles. The molecule has 0 saturated carbocycles. The highest BCUT2D eigenvalue weighted by molar-refractivity contribution is 5.75. The van der Waals surface area contributed by atoms with Gasteiger partial charge >= 0.3 is 0 Å². The van der Waals surface area contributed by atoms with E-state index >= 15 is 0 Å². The summed E-state index contributed by atoms with van der Waals surface area (Å²) in [6, 6.07) is 10.7. The lowest BCUT2D eigenvalue weighted by atomic mass is 10.0. The van der Waals surface area contributed by atoms with Crippen molar-refractivity contribution < 1.29 is 4.79 Å². The lowest BCUT2D eigenvalue weighted by Gasteiger charge is -2.35. The number of hydrogen-bond donors (Lipinski definition) is 1. The number of carbonyl (C=O) groups excluding carboxylic acids is 1. The first-order chi connectivity index (χ1) is 11.3. The predicted octanol–water partition coefficient (Wildman–Crippen LogP) is 2.23. The summed E-state index contributed by atoms with van der Waals surface area (Å²) in [5.41, 5.74) is 1.28. The van der Waals surface area contributed by atoms with E-state index in [1.165, 1.54) is 24.8 Å². The second kappa shape index (κ2) is 7.92. The van der Waals surface area contributed by atoms with Crippen molar-refractivity contribution in [1.82, 2.24) is 19.8 Å². The molecule has 1 saturated heterocycles. The van der Waals surface area contributed by atoms with Crippen molar-refractivity contribution in [2.75, 3.05) is 19.6 Å². The van der Waals surface area contributed by atoms with Gasteiger partial charge in [-0.2, -0.15) is 0 Å². The summed E-state index contributed by atoms with van der Waals surface area (Å²) in [5, 5.41) is 3.09. The number of carbonyl (C=O) groups is 1. The molecule has 2 aromatic rings. The minimum Gasteiger partial charge on any atom is -0.353 e. The number of imidazole rings is 1. The van der Waals surface area contributed by atoms with Crippen molar-refractivity contribution >= 4 is 5.91 Å². The van der Waals surface area contributed by atoms with Crippen LogP contribution in [0.2, 0.25) is 0 Å². The lowest BCUT2D eigenvalue weighted by Crippen LogP contribution is -2.41. The molecule has 1 atom stereocenters. The minimum absolute atomic E-state index is 0.0286. The molecule has 1 aliphatic heterocycles. The van der Waals surface area contributed by atoms with Crippen molar-refractivity contribution in [1.29, 1.82) is 0 Å². The summed E-state index contributed by atoms with van der Waals surface area (Å²) in [7, 11) is 0. The number of piperidine rings is 1. The first-order valence-electron chi connectivity index (χ1n) is 8.34. The number of amides is 1. The van der Waals surface area contributed by atoms with Gasteiger partial charge in [0.05, 0.1) is 12.4 Å². The zero-order valence-corrected chi connectivity index (χ0v) is 13.4. The van der Waals surface area contributed by atoms with Gasteiger partial charge in [-0.25, -0.2) is 4.98 Å². The molecule has 1 aromatic carbocycles. The molecule has 0 aliphatic carbocycles. The molecule has 0 spiro atoms. The summed E-state index contributed by atoms with van der Waals surface area (Å²) in [6.07, 6.45) is 8.95. The van der Waals surface area contributed by atoms with Crippen LogP contribution in [0, 0.1) is 0 Å². The molecule has 23 heavy (non-hydrogen) atoms. The summed E-state index contributed by atoms with van der Waals surface area (Å²) < 4.78 is 1.79. The maximum absolute atomic E-state index is 12.2. The Morgan fingerprint density at radius 3 is 2.65 bits per heavy atom. The first-order valence-corrected chi connectivity index (χ1v) is 8.34. The second-order valence-corrected chi connectivity index (χ2v) is 6.06. The monoisotopic (exact) mass is 312 g/mol. The minimum atomic E-state index is 0.0286. The Morgan fingerprint density at radius 1 is 1.17 bits per heavy atom. The van der Waals surface area contributed by atoms with Crippen LogP contribution in [0.5, 0.6) is 0 Å². The molecule has 2 heterocycles. The Morgan fingerprint density at radius 2 is 1.96 bits per heavy atom. The molecule has 1 amide bonds. The third-order valence-corrected chi connectivity index (χ3v) is 4.39. The average molecular weight is 312 g/mol. The Hall–Kier alpha value is -2.14. The number of nitrogens with zero attached hydrogens (tertiary/aromatic N) is 3. The summed E-state index contributed by atoms with van der Waals surface area (Å²) in [6.45, 7) is 3.19. The van der Waals surface area contributed by atoms with Gasteiger partial charge in [-0.3, -0.25) is 9.69 Å². The first kappa shape index (κ1) is 15.7. The molecule has 5 heteroatoms. The summed E-state index contributed by atoms with van der Waals surface area (Å²) >= 11 is 0. The van der Waals surface area contributed by atoms with E-state index in [0.717, 1.165) is 13.1 Å². The molecule has 1 fully saturated rings. The van der Waals surface area contributed by atoms with E-state index in [1.807, 2.05) is 6.07 Å². The maximum Gasteiger partial charge on any atom is 0.240 e. The molecular weight excluding hydrogens is 288 g/mol. The van der Waals surface area contributed by atoms with Crippen LogP contribution in [0.3, 0.4) is 0 Å². The van der Waals surface area contributed by atoms with Crippen molar-refractivity contribution in [2.45, 2.75) is 31.8 Å². The van der Waals surface area contributed by atoms with Crippen LogP contribution in [0.1, 0.15) is 30.9 Å². The number of hydrogen-bond acceptors (Lipinski definition) is 3. The molecule has 0 bridgehead atoms. The van der Waals surface area contributed by atoms with Crippen LogP contribution in [0.4, 0.5) is 0 Å². The number of nitrogens with one attached hydrogen (secondary N) is 1. The molecule has 0 radical (unpaired) electrons. The molecular formula is C18H24N4O. The van der Waals surface area contributed by atoms with Crippen LogP contribution in [-0.4, -0.2) is 40.0 Å². The topological polar surface area (TPSA) is 50.2 Å². The van der Waals surface area contributed by atoms with Crippen LogP contribution in [-0.2, 0) is 11.3 Å². The number of likely N-dealkylation sites (tertiary alicyclic amines) is 1. The lowest BCUT2D eigenvalue weighted by molar-refractivity contribution is -0.121. The van der Waals surface area contributed by atoms with E-state index in [1.54, 1.807) is 23.3 Å². The third-order valence-electron chi connectivity index (χ3n) is 4.39. The quantitative estimate of drug-likeness (QED) is 0.890. The zero-order valence-electron chi connectivity index (χ0n) is 13.4. The molecule has 3 rings (SSSR count). The zero-order chi connectivity index (χ0) is 15.9. The van der Waals surface area contributed by atoms with E-state index in [2.05, 4.69) is 39.5 Å². The van der Waals surface area contributed by atoms with Gasteiger partial charge in [0.1, 0.15) is 6.54 Å². The maximum atomic E-state index is 12.2. The fraction of sp³-hybridized carbons (Fsp3) is 0.444. The van der Waals surface area contributed by atoms with Crippen LogP contribution >= 0.6 is 0 Å². The number of rotatable bonds is 6. The SMILES string of the molecule is O=C(Cn1ccnc1)NC[C@H](c1ccccc1)N1CCCCC1. The highest BCUT2D eigenvalue weighted by Gasteiger charge is 2.22. The fourth-order valence-corrected chi connectivity index (χ4v) is 3.18.